The quantitative estimate of drug-likeness (QED) is 0.819. The summed E-state index contributed by atoms with van der Waals surface area (Å²) in [6.45, 7) is 4.59. The first-order valence-electron chi connectivity index (χ1n) is 10.4. The Hall–Kier alpha value is -1.73. The first-order valence-corrected chi connectivity index (χ1v) is 10.4. The second-order valence-electron chi connectivity index (χ2n) is 9.03. The molecule has 0 N–H and O–H groups in total. The Balaban J connectivity index is 1.44. The zero-order chi connectivity index (χ0) is 18.5. The number of hydrogen-bond acceptors (Lipinski definition) is 6. The SMILES string of the molecule is CN(C)C[C@H]1[C@H]2C[C@H](CN(c3ncc4c(ncn4C)n3)C2)[C@@H]2CCCCN21. The van der Waals surface area contributed by atoms with Crippen LogP contribution in [0.25, 0.3) is 11.2 Å². The lowest BCUT2D eigenvalue weighted by Crippen LogP contribution is -2.65. The first kappa shape index (κ1) is 17.4. The van der Waals surface area contributed by atoms with E-state index in [1.807, 2.05) is 24.1 Å². The average molecular weight is 370 g/mol. The van der Waals surface area contributed by atoms with Gasteiger partial charge in [0.05, 0.1) is 12.5 Å². The van der Waals surface area contributed by atoms with Crippen molar-refractivity contribution in [2.24, 2.45) is 18.9 Å². The summed E-state index contributed by atoms with van der Waals surface area (Å²) < 4.78 is 1.98. The van der Waals surface area contributed by atoms with Gasteiger partial charge in [-0.1, -0.05) is 6.42 Å². The van der Waals surface area contributed by atoms with E-state index in [1.54, 1.807) is 0 Å². The summed E-state index contributed by atoms with van der Waals surface area (Å²) in [5.74, 6) is 2.30. The van der Waals surface area contributed by atoms with Crippen LogP contribution in [0.15, 0.2) is 12.5 Å². The van der Waals surface area contributed by atoms with Gasteiger partial charge in [-0.25, -0.2) is 9.97 Å². The third kappa shape index (κ3) is 3.01. The molecular formula is C20H31N7. The lowest BCUT2D eigenvalue weighted by molar-refractivity contribution is -0.0401. The molecular weight excluding hydrogens is 338 g/mol. The molecule has 2 aromatic heterocycles. The first-order chi connectivity index (χ1) is 13.1. The maximum atomic E-state index is 4.80. The number of aryl methyl sites for hydroxylation is 1. The summed E-state index contributed by atoms with van der Waals surface area (Å²) in [6.07, 6.45) is 9.22. The van der Waals surface area contributed by atoms with E-state index >= 15 is 0 Å². The van der Waals surface area contributed by atoms with Gasteiger partial charge in [-0.3, -0.25) is 4.90 Å². The number of nitrogens with zero attached hydrogens (tertiary/aromatic N) is 7. The van der Waals surface area contributed by atoms with Crippen LogP contribution in [-0.4, -0.2) is 81.7 Å². The molecule has 5 heterocycles. The van der Waals surface area contributed by atoms with Crippen LogP contribution in [0.5, 0.6) is 0 Å². The number of aromatic nitrogens is 4. The minimum Gasteiger partial charge on any atom is -0.340 e. The van der Waals surface area contributed by atoms with Gasteiger partial charge in [-0.2, -0.15) is 4.98 Å². The van der Waals surface area contributed by atoms with Crippen molar-refractivity contribution in [3.63, 3.8) is 0 Å². The van der Waals surface area contributed by atoms with Crippen molar-refractivity contribution in [2.75, 3.05) is 45.2 Å². The standard InChI is InChI=1S/C20H31N7/c1-24(2)12-18-15-8-14(16-6-4-5-7-27(16)18)10-26(11-15)20-21-9-17-19(23-20)22-13-25(17)3/h9,13-16,18H,4-8,10-12H2,1-3H3/t14-,15+,16+,18+/m1/s1. The highest BCUT2D eigenvalue weighted by Crippen LogP contribution is 2.41. The summed E-state index contributed by atoms with van der Waals surface area (Å²) in [5, 5.41) is 0. The number of fused-ring (bicyclic) bond motifs is 5. The summed E-state index contributed by atoms with van der Waals surface area (Å²) in [5.41, 5.74) is 1.81. The zero-order valence-electron chi connectivity index (χ0n) is 16.8. The van der Waals surface area contributed by atoms with Crippen LogP contribution in [0.1, 0.15) is 25.7 Å². The molecule has 3 fully saturated rings. The fourth-order valence-corrected chi connectivity index (χ4v) is 5.75. The molecule has 0 spiro atoms. The molecule has 2 aromatic rings. The van der Waals surface area contributed by atoms with E-state index in [4.69, 9.17) is 9.97 Å². The van der Waals surface area contributed by atoms with E-state index in [0.717, 1.165) is 48.7 Å². The van der Waals surface area contributed by atoms with Gasteiger partial charge < -0.3 is 14.4 Å². The maximum absolute atomic E-state index is 4.80. The molecule has 0 aromatic carbocycles. The van der Waals surface area contributed by atoms with E-state index in [2.05, 4.69) is 33.8 Å². The Morgan fingerprint density at radius 2 is 2.00 bits per heavy atom. The fraction of sp³-hybridized carbons (Fsp3) is 0.750. The predicted molar refractivity (Wildman–Crippen MR) is 107 cm³/mol. The van der Waals surface area contributed by atoms with Crippen molar-refractivity contribution < 1.29 is 0 Å². The van der Waals surface area contributed by atoms with Gasteiger partial charge in [-0.05, 0) is 51.7 Å². The predicted octanol–water partition coefficient (Wildman–Crippen LogP) is 1.60. The molecule has 3 aliphatic rings. The van der Waals surface area contributed by atoms with Gasteiger partial charge in [0.2, 0.25) is 5.95 Å². The Morgan fingerprint density at radius 1 is 1.15 bits per heavy atom. The number of piperidine rings is 3. The molecule has 0 aliphatic carbocycles. The third-order valence-electron chi connectivity index (χ3n) is 6.93. The number of likely N-dealkylation sites (N-methyl/N-ethyl adjacent to an activating group) is 1. The normalized spacial score (nSPS) is 31.5. The highest BCUT2D eigenvalue weighted by molar-refractivity contribution is 5.70. The molecule has 3 aliphatic heterocycles. The smallest absolute Gasteiger partial charge is 0.227 e. The minimum absolute atomic E-state index is 0.655. The molecule has 2 bridgehead atoms. The lowest BCUT2D eigenvalue weighted by Gasteiger charge is -2.57. The Labute approximate surface area is 161 Å². The summed E-state index contributed by atoms with van der Waals surface area (Å²) in [4.78, 5) is 21.6. The number of anilines is 1. The van der Waals surface area contributed by atoms with E-state index in [0.29, 0.717) is 12.0 Å². The largest absolute Gasteiger partial charge is 0.340 e. The maximum Gasteiger partial charge on any atom is 0.227 e. The number of imidazole rings is 1. The second-order valence-corrected chi connectivity index (χ2v) is 9.03. The molecule has 5 rings (SSSR count). The van der Waals surface area contributed by atoms with Gasteiger partial charge in [-0.15, -0.1) is 0 Å². The minimum atomic E-state index is 0.655. The molecule has 0 radical (unpaired) electrons. The summed E-state index contributed by atoms with van der Waals surface area (Å²) in [7, 11) is 6.42. The van der Waals surface area contributed by atoms with Crippen LogP contribution in [0.4, 0.5) is 5.95 Å². The van der Waals surface area contributed by atoms with Crippen molar-refractivity contribution in [2.45, 2.75) is 37.8 Å². The molecule has 0 saturated carbocycles. The van der Waals surface area contributed by atoms with Gasteiger partial charge >= 0.3 is 0 Å². The number of hydrogen-bond donors (Lipinski definition) is 0. The molecule has 3 saturated heterocycles. The molecule has 4 atom stereocenters. The second kappa shape index (κ2) is 6.71. The van der Waals surface area contributed by atoms with E-state index in [1.165, 1.54) is 32.2 Å². The lowest BCUT2D eigenvalue weighted by atomic mass is 9.72. The molecule has 0 unspecified atom stereocenters. The Morgan fingerprint density at radius 3 is 2.85 bits per heavy atom. The van der Waals surface area contributed by atoms with Gasteiger partial charge in [0.15, 0.2) is 5.65 Å². The Kier molecular flexibility index (Phi) is 4.31. The molecule has 0 amide bonds. The van der Waals surface area contributed by atoms with Crippen LogP contribution < -0.4 is 4.90 Å². The van der Waals surface area contributed by atoms with Crippen molar-refractivity contribution >= 4 is 17.1 Å². The molecule has 27 heavy (non-hydrogen) atoms. The van der Waals surface area contributed by atoms with Gasteiger partial charge in [0.1, 0.15) is 5.52 Å². The van der Waals surface area contributed by atoms with Crippen LogP contribution in [0.3, 0.4) is 0 Å². The molecule has 7 nitrogen and oxygen atoms in total. The third-order valence-corrected chi connectivity index (χ3v) is 6.93. The monoisotopic (exact) mass is 369 g/mol. The van der Waals surface area contributed by atoms with E-state index < -0.39 is 0 Å². The van der Waals surface area contributed by atoms with Crippen molar-refractivity contribution in [3.8, 4) is 0 Å². The van der Waals surface area contributed by atoms with E-state index in [9.17, 15) is 0 Å². The van der Waals surface area contributed by atoms with Crippen LogP contribution >= 0.6 is 0 Å². The van der Waals surface area contributed by atoms with Crippen molar-refractivity contribution in [1.82, 2.24) is 29.3 Å². The summed E-state index contributed by atoms with van der Waals surface area (Å²) in [6, 6.07) is 1.39. The van der Waals surface area contributed by atoms with Crippen LogP contribution in [0.2, 0.25) is 0 Å². The van der Waals surface area contributed by atoms with Crippen molar-refractivity contribution in [3.05, 3.63) is 12.5 Å². The average Bonchev–Trinajstić information content (AvgIpc) is 3.05. The van der Waals surface area contributed by atoms with Gasteiger partial charge in [0, 0.05) is 38.8 Å². The van der Waals surface area contributed by atoms with Crippen LogP contribution in [-0.2, 0) is 7.05 Å². The number of rotatable bonds is 3. The Bertz CT molecular complexity index is 816. The van der Waals surface area contributed by atoms with Crippen molar-refractivity contribution in [1.29, 1.82) is 0 Å². The molecule has 7 heteroatoms. The highest BCUT2D eigenvalue weighted by atomic mass is 15.3. The topological polar surface area (TPSA) is 53.3 Å². The van der Waals surface area contributed by atoms with Crippen LogP contribution in [0, 0.1) is 11.8 Å². The van der Waals surface area contributed by atoms with Gasteiger partial charge in [0.25, 0.3) is 0 Å². The summed E-state index contributed by atoms with van der Waals surface area (Å²) >= 11 is 0. The zero-order valence-corrected chi connectivity index (χ0v) is 16.8. The fourth-order valence-electron chi connectivity index (χ4n) is 5.75. The highest BCUT2D eigenvalue weighted by Gasteiger charge is 2.47. The van der Waals surface area contributed by atoms with E-state index in [-0.39, 0.29) is 0 Å². The molecule has 146 valence electrons.